The summed E-state index contributed by atoms with van der Waals surface area (Å²) < 4.78 is 15.5. The number of hydrogen-bond donors (Lipinski definition) is 1. The summed E-state index contributed by atoms with van der Waals surface area (Å²) >= 11 is 0. The standard InChI is InChI=1S/C16H16FN3/c1-10(2)20-15-9-12(17)5-8-14(15)19-16(20)11-3-6-13(18)7-4-11/h3-10H,18H2,1-2H3. The summed E-state index contributed by atoms with van der Waals surface area (Å²) in [6.07, 6.45) is 0. The van der Waals surface area contributed by atoms with Crippen LogP contribution in [0.5, 0.6) is 0 Å². The third-order valence-corrected chi connectivity index (χ3v) is 3.34. The lowest BCUT2D eigenvalue weighted by atomic mass is 10.2. The largest absolute Gasteiger partial charge is 0.399 e. The number of imidazole rings is 1. The first kappa shape index (κ1) is 12.7. The fourth-order valence-corrected chi connectivity index (χ4v) is 2.42. The Hall–Kier alpha value is -2.36. The number of anilines is 1. The van der Waals surface area contributed by atoms with Gasteiger partial charge in [0.2, 0.25) is 0 Å². The van der Waals surface area contributed by atoms with Gasteiger partial charge in [0.25, 0.3) is 0 Å². The molecule has 1 heterocycles. The molecule has 2 N–H and O–H groups in total. The minimum absolute atomic E-state index is 0.189. The number of nitrogens with two attached hydrogens (primary N) is 1. The highest BCUT2D eigenvalue weighted by molar-refractivity contribution is 5.81. The summed E-state index contributed by atoms with van der Waals surface area (Å²) in [5.41, 5.74) is 9.02. The quantitative estimate of drug-likeness (QED) is 0.714. The Morgan fingerprint density at radius 3 is 2.45 bits per heavy atom. The van der Waals surface area contributed by atoms with Crippen LogP contribution in [0.15, 0.2) is 42.5 Å². The Morgan fingerprint density at radius 2 is 1.80 bits per heavy atom. The summed E-state index contributed by atoms with van der Waals surface area (Å²) in [7, 11) is 0. The van der Waals surface area contributed by atoms with Crippen molar-refractivity contribution in [2.75, 3.05) is 5.73 Å². The maximum Gasteiger partial charge on any atom is 0.141 e. The normalized spacial score (nSPS) is 11.4. The van der Waals surface area contributed by atoms with Gasteiger partial charge in [-0.25, -0.2) is 9.37 Å². The van der Waals surface area contributed by atoms with Crippen LogP contribution in [0.3, 0.4) is 0 Å². The second kappa shape index (κ2) is 4.63. The van der Waals surface area contributed by atoms with Gasteiger partial charge >= 0.3 is 0 Å². The molecule has 3 rings (SSSR count). The average Bonchev–Trinajstić information content (AvgIpc) is 2.78. The lowest BCUT2D eigenvalue weighted by Crippen LogP contribution is -2.03. The number of nitrogen functional groups attached to an aromatic ring is 1. The molecule has 1 aromatic heterocycles. The van der Waals surface area contributed by atoms with Crippen molar-refractivity contribution >= 4 is 16.7 Å². The summed E-state index contributed by atoms with van der Waals surface area (Å²) in [6, 6.07) is 12.4. The van der Waals surface area contributed by atoms with Crippen LogP contribution >= 0.6 is 0 Å². The zero-order valence-corrected chi connectivity index (χ0v) is 11.5. The maximum atomic E-state index is 13.5. The van der Waals surface area contributed by atoms with E-state index in [-0.39, 0.29) is 11.9 Å². The predicted molar refractivity (Wildman–Crippen MR) is 79.9 cm³/mol. The van der Waals surface area contributed by atoms with Gasteiger partial charge in [-0.15, -0.1) is 0 Å². The maximum absolute atomic E-state index is 13.5. The third-order valence-electron chi connectivity index (χ3n) is 3.34. The molecule has 0 aliphatic rings. The van der Waals surface area contributed by atoms with E-state index in [9.17, 15) is 4.39 Å². The van der Waals surface area contributed by atoms with E-state index < -0.39 is 0 Å². The van der Waals surface area contributed by atoms with Gasteiger partial charge in [-0.2, -0.15) is 0 Å². The van der Waals surface area contributed by atoms with Crippen LogP contribution in [0.4, 0.5) is 10.1 Å². The van der Waals surface area contributed by atoms with Crippen LogP contribution < -0.4 is 5.73 Å². The van der Waals surface area contributed by atoms with E-state index in [1.165, 1.54) is 12.1 Å². The van der Waals surface area contributed by atoms with Crippen LogP contribution in [0.1, 0.15) is 19.9 Å². The number of benzene rings is 2. The summed E-state index contributed by atoms with van der Waals surface area (Å²) in [5, 5.41) is 0. The smallest absolute Gasteiger partial charge is 0.141 e. The molecule has 4 heteroatoms. The Kier molecular flexibility index (Phi) is 2.93. The van der Waals surface area contributed by atoms with E-state index in [1.807, 2.05) is 28.8 Å². The lowest BCUT2D eigenvalue weighted by molar-refractivity contribution is 0.613. The molecule has 102 valence electrons. The molecule has 0 fully saturated rings. The molecule has 3 aromatic rings. The number of nitrogens with zero attached hydrogens (tertiary/aromatic N) is 2. The average molecular weight is 269 g/mol. The first-order valence-corrected chi connectivity index (χ1v) is 6.59. The Bertz CT molecular complexity index is 757. The minimum atomic E-state index is -0.247. The molecule has 0 radical (unpaired) electrons. The van der Waals surface area contributed by atoms with Crippen molar-refractivity contribution in [3.63, 3.8) is 0 Å². The van der Waals surface area contributed by atoms with Crippen molar-refractivity contribution < 1.29 is 4.39 Å². The van der Waals surface area contributed by atoms with Gasteiger partial charge < -0.3 is 10.3 Å². The zero-order valence-electron chi connectivity index (χ0n) is 11.5. The number of halogens is 1. The molecule has 0 saturated carbocycles. The van der Waals surface area contributed by atoms with Crippen LogP contribution in [0.2, 0.25) is 0 Å². The summed E-state index contributed by atoms with van der Waals surface area (Å²) in [5.74, 6) is 0.587. The van der Waals surface area contributed by atoms with Gasteiger partial charge in [-0.05, 0) is 56.3 Å². The highest BCUT2D eigenvalue weighted by atomic mass is 19.1. The molecule has 0 spiro atoms. The fraction of sp³-hybridized carbons (Fsp3) is 0.188. The molecule has 0 aliphatic carbocycles. The zero-order chi connectivity index (χ0) is 14.3. The molecule has 3 nitrogen and oxygen atoms in total. The highest BCUT2D eigenvalue weighted by Crippen LogP contribution is 2.29. The van der Waals surface area contributed by atoms with Crippen LogP contribution in [0.25, 0.3) is 22.4 Å². The molecule has 2 aromatic carbocycles. The number of aromatic nitrogens is 2. The van der Waals surface area contributed by atoms with E-state index in [4.69, 9.17) is 5.73 Å². The fourth-order valence-electron chi connectivity index (χ4n) is 2.42. The van der Waals surface area contributed by atoms with Crippen LogP contribution in [-0.4, -0.2) is 9.55 Å². The predicted octanol–water partition coefficient (Wildman–Crippen LogP) is 4.01. The molecule has 0 unspecified atom stereocenters. The SMILES string of the molecule is CC(C)n1c(-c2ccc(N)cc2)nc2ccc(F)cc21. The molecule has 20 heavy (non-hydrogen) atoms. The minimum Gasteiger partial charge on any atom is -0.399 e. The number of fused-ring (bicyclic) bond motifs is 1. The van der Waals surface area contributed by atoms with Gasteiger partial charge in [0.1, 0.15) is 11.6 Å². The first-order chi connectivity index (χ1) is 9.56. The van der Waals surface area contributed by atoms with Gasteiger partial charge in [0, 0.05) is 17.3 Å². The summed E-state index contributed by atoms with van der Waals surface area (Å²) in [4.78, 5) is 4.63. The van der Waals surface area contributed by atoms with Gasteiger partial charge in [-0.1, -0.05) is 0 Å². The lowest BCUT2D eigenvalue weighted by Gasteiger charge is -2.13. The molecule has 0 amide bonds. The van der Waals surface area contributed by atoms with Crippen molar-refractivity contribution in [1.82, 2.24) is 9.55 Å². The second-order valence-corrected chi connectivity index (χ2v) is 5.15. The molecule has 0 bridgehead atoms. The Balaban J connectivity index is 2.29. The number of rotatable bonds is 2. The monoisotopic (exact) mass is 269 g/mol. The van der Waals surface area contributed by atoms with Crippen molar-refractivity contribution in [2.24, 2.45) is 0 Å². The Morgan fingerprint density at radius 1 is 1.10 bits per heavy atom. The third kappa shape index (κ3) is 2.03. The second-order valence-electron chi connectivity index (χ2n) is 5.15. The highest BCUT2D eigenvalue weighted by Gasteiger charge is 2.15. The number of hydrogen-bond acceptors (Lipinski definition) is 2. The molecule has 0 atom stereocenters. The van der Waals surface area contributed by atoms with E-state index >= 15 is 0 Å². The molecule has 0 aliphatic heterocycles. The molecule has 0 saturated heterocycles. The van der Waals surface area contributed by atoms with Gasteiger partial charge in [0.15, 0.2) is 0 Å². The van der Waals surface area contributed by atoms with E-state index in [0.29, 0.717) is 5.69 Å². The topological polar surface area (TPSA) is 43.8 Å². The van der Waals surface area contributed by atoms with Crippen molar-refractivity contribution in [1.29, 1.82) is 0 Å². The van der Waals surface area contributed by atoms with E-state index in [0.717, 1.165) is 22.4 Å². The molecular formula is C16H16FN3. The first-order valence-electron chi connectivity index (χ1n) is 6.59. The van der Waals surface area contributed by atoms with Crippen molar-refractivity contribution in [2.45, 2.75) is 19.9 Å². The van der Waals surface area contributed by atoms with E-state index in [1.54, 1.807) is 6.07 Å². The van der Waals surface area contributed by atoms with E-state index in [2.05, 4.69) is 18.8 Å². The Labute approximate surface area is 116 Å². The summed E-state index contributed by atoms with van der Waals surface area (Å²) in [6.45, 7) is 4.12. The van der Waals surface area contributed by atoms with Crippen molar-refractivity contribution in [3.05, 3.63) is 48.3 Å². The van der Waals surface area contributed by atoms with Gasteiger partial charge in [0.05, 0.1) is 11.0 Å². The molecular weight excluding hydrogens is 253 g/mol. The van der Waals surface area contributed by atoms with Crippen LogP contribution in [0, 0.1) is 5.82 Å². The van der Waals surface area contributed by atoms with Gasteiger partial charge in [-0.3, -0.25) is 0 Å². The van der Waals surface area contributed by atoms with Crippen molar-refractivity contribution in [3.8, 4) is 11.4 Å². The van der Waals surface area contributed by atoms with Crippen LogP contribution in [-0.2, 0) is 0 Å².